The van der Waals surface area contributed by atoms with E-state index in [1.54, 1.807) is 24.3 Å². The van der Waals surface area contributed by atoms with Crippen LogP contribution in [0.5, 0.6) is 11.5 Å². The van der Waals surface area contributed by atoms with Crippen molar-refractivity contribution in [2.24, 2.45) is 0 Å². The zero-order chi connectivity index (χ0) is 21.0. The monoisotopic (exact) mass is 423 g/mol. The van der Waals surface area contributed by atoms with Crippen LogP contribution in [0, 0.1) is 0 Å². The largest absolute Gasteiger partial charge is 0.488 e. The predicted molar refractivity (Wildman–Crippen MR) is 102 cm³/mol. The lowest BCUT2D eigenvalue weighted by Gasteiger charge is -2.19. The molecule has 1 N–H and O–H groups in total. The summed E-state index contributed by atoms with van der Waals surface area (Å²) in [5.74, 6) is -1.07. The highest BCUT2D eigenvalue weighted by atomic mass is 35.5. The molecular formula is C20H16ClF2NO5. The van der Waals surface area contributed by atoms with Crippen molar-refractivity contribution < 1.29 is 32.6 Å². The van der Waals surface area contributed by atoms with E-state index in [0.29, 0.717) is 16.3 Å². The lowest BCUT2D eigenvalue weighted by molar-refractivity contribution is -0.149. The van der Waals surface area contributed by atoms with E-state index in [-0.39, 0.29) is 23.6 Å². The van der Waals surface area contributed by atoms with E-state index in [4.69, 9.17) is 21.1 Å². The van der Waals surface area contributed by atoms with Crippen LogP contribution in [0.4, 0.5) is 14.5 Å². The van der Waals surface area contributed by atoms with Gasteiger partial charge in [-0.05, 0) is 43.3 Å². The summed E-state index contributed by atoms with van der Waals surface area (Å²) in [6, 6.07) is 10.7. The first kappa shape index (κ1) is 20.6. The molecule has 9 heteroatoms. The number of halogens is 3. The number of hydrogen-bond acceptors (Lipinski definition) is 5. The minimum atomic E-state index is -3.04. The first-order valence-corrected chi connectivity index (χ1v) is 8.90. The highest BCUT2D eigenvalue weighted by Crippen LogP contribution is 2.29. The van der Waals surface area contributed by atoms with Crippen LogP contribution in [0.25, 0.3) is 6.08 Å². The van der Waals surface area contributed by atoms with Crippen LogP contribution in [-0.2, 0) is 14.3 Å². The molecule has 3 rings (SSSR count). The summed E-state index contributed by atoms with van der Waals surface area (Å²) in [5, 5.41) is 2.89. The van der Waals surface area contributed by atoms with E-state index < -0.39 is 24.6 Å². The Hall–Kier alpha value is -3.13. The third-order valence-corrected chi connectivity index (χ3v) is 4.20. The Labute approximate surface area is 170 Å². The number of para-hydroxylation sites is 2. The van der Waals surface area contributed by atoms with Crippen molar-refractivity contribution in [3.8, 4) is 11.5 Å². The van der Waals surface area contributed by atoms with Gasteiger partial charge in [0.15, 0.2) is 6.10 Å². The number of nitrogens with one attached hydrogen (secondary N) is 1. The molecule has 1 atom stereocenters. The Morgan fingerprint density at radius 3 is 2.72 bits per heavy atom. The fourth-order valence-electron chi connectivity index (χ4n) is 2.56. The molecule has 2 aromatic rings. The Kier molecular flexibility index (Phi) is 6.33. The summed E-state index contributed by atoms with van der Waals surface area (Å²) in [5.41, 5.74) is 0.858. The first-order valence-electron chi connectivity index (χ1n) is 8.52. The van der Waals surface area contributed by atoms with E-state index in [0.717, 1.165) is 0 Å². The van der Waals surface area contributed by atoms with Crippen molar-refractivity contribution >= 4 is 35.2 Å². The molecule has 6 nitrogen and oxygen atoms in total. The topological polar surface area (TPSA) is 73.9 Å². The number of ether oxygens (including phenoxy) is 3. The quantitative estimate of drug-likeness (QED) is 0.702. The molecule has 0 fully saturated rings. The molecule has 152 valence electrons. The van der Waals surface area contributed by atoms with Crippen molar-refractivity contribution in [3.05, 3.63) is 58.6 Å². The van der Waals surface area contributed by atoms with Gasteiger partial charge in [-0.25, -0.2) is 4.79 Å². The number of anilines is 1. The van der Waals surface area contributed by atoms with Gasteiger partial charge >= 0.3 is 12.6 Å². The molecule has 0 aromatic heterocycles. The molecule has 0 bridgehead atoms. The number of benzene rings is 2. The summed E-state index contributed by atoms with van der Waals surface area (Å²) >= 11 is 5.94. The summed E-state index contributed by atoms with van der Waals surface area (Å²) in [6.45, 7) is -1.70. The Balaban J connectivity index is 1.65. The molecule has 0 aliphatic carbocycles. The number of rotatable bonds is 6. The molecule has 1 amide bonds. The van der Waals surface area contributed by atoms with Gasteiger partial charge in [0.25, 0.3) is 5.91 Å². The van der Waals surface area contributed by atoms with Crippen LogP contribution >= 0.6 is 11.6 Å². The van der Waals surface area contributed by atoms with Crippen molar-refractivity contribution in [1.82, 2.24) is 0 Å². The van der Waals surface area contributed by atoms with Crippen LogP contribution < -0.4 is 14.8 Å². The molecule has 0 radical (unpaired) electrons. The summed E-state index contributed by atoms with van der Waals surface area (Å²) in [7, 11) is 0. The zero-order valence-corrected chi connectivity index (χ0v) is 15.9. The van der Waals surface area contributed by atoms with Crippen molar-refractivity contribution in [3.63, 3.8) is 0 Å². The fourth-order valence-corrected chi connectivity index (χ4v) is 2.74. The van der Waals surface area contributed by atoms with Gasteiger partial charge in [-0.1, -0.05) is 23.7 Å². The second kappa shape index (κ2) is 8.91. The average Bonchev–Trinajstić information content (AvgIpc) is 2.68. The molecule has 2 aromatic carbocycles. The van der Waals surface area contributed by atoms with E-state index >= 15 is 0 Å². The van der Waals surface area contributed by atoms with Gasteiger partial charge in [0, 0.05) is 10.6 Å². The molecule has 0 spiro atoms. The molecule has 1 heterocycles. The molecule has 1 aliphatic rings. The highest BCUT2D eigenvalue weighted by Gasteiger charge is 2.24. The summed E-state index contributed by atoms with van der Waals surface area (Å²) in [4.78, 5) is 24.7. The van der Waals surface area contributed by atoms with Crippen LogP contribution in [0.15, 0.2) is 48.0 Å². The maximum atomic E-state index is 12.5. The average molecular weight is 424 g/mol. The molecule has 0 saturated carbocycles. The summed E-state index contributed by atoms with van der Waals surface area (Å²) < 4.78 is 40.0. The minimum absolute atomic E-state index is 0.0210. The van der Waals surface area contributed by atoms with Crippen LogP contribution in [0.3, 0.4) is 0 Å². The number of carbonyl (C=O) groups excluding carboxylic acids is 2. The normalized spacial score (nSPS) is 13.6. The maximum absolute atomic E-state index is 12.5. The second-order valence-corrected chi connectivity index (χ2v) is 6.49. The lowest BCUT2D eigenvalue weighted by Crippen LogP contribution is -2.31. The number of hydrogen-bond donors (Lipinski definition) is 1. The van der Waals surface area contributed by atoms with Gasteiger partial charge in [0.05, 0.1) is 11.3 Å². The Morgan fingerprint density at radius 1 is 1.21 bits per heavy atom. The molecular weight excluding hydrogens is 408 g/mol. The third kappa shape index (κ3) is 5.23. The van der Waals surface area contributed by atoms with Gasteiger partial charge in [-0.15, -0.1) is 0 Å². The van der Waals surface area contributed by atoms with Gasteiger partial charge in [0.2, 0.25) is 0 Å². The highest BCUT2D eigenvalue weighted by molar-refractivity contribution is 6.30. The number of carbonyl (C=O) groups is 2. The van der Waals surface area contributed by atoms with Crippen LogP contribution in [0.1, 0.15) is 12.5 Å². The van der Waals surface area contributed by atoms with E-state index in [1.807, 2.05) is 0 Å². The lowest BCUT2D eigenvalue weighted by atomic mass is 10.1. The van der Waals surface area contributed by atoms with Gasteiger partial charge < -0.3 is 19.5 Å². The Morgan fingerprint density at radius 2 is 1.97 bits per heavy atom. The van der Waals surface area contributed by atoms with E-state index in [1.165, 1.54) is 31.2 Å². The number of fused-ring (bicyclic) bond motifs is 1. The fraction of sp³-hybridized carbons (Fsp3) is 0.200. The Bertz CT molecular complexity index is 964. The van der Waals surface area contributed by atoms with Gasteiger partial charge in [-0.3, -0.25) is 4.79 Å². The molecule has 1 aliphatic heterocycles. The number of esters is 1. The van der Waals surface area contributed by atoms with E-state index in [2.05, 4.69) is 10.1 Å². The zero-order valence-electron chi connectivity index (χ0n) is 15.2. The smallest absolute Gasteiger partial charge is 0.387 e. The minimum Gasteiger partial charge on any atom is -0.488 e. The number of alkyl halides is 2. The van der Waals surface area contributed by atoms with E-state index in [9.17, 15) is 18.4 Å². The third-order valence-electron chi connectivity index (χ3n) is 3.96. The van der Waals surface area contributed by atoms with Crippen LogP contribution in [0.2, 0.25) is 5.02 Å². The predicted octanol–water partition coefficient (Wildman–Crippen LogP) is 4.29. The van der Waals surface area contributed by atoms with Crippen molar-refractivity contribution in [2.45, 2.75) is 19.6 Å². The number of amides is 1. The van der Waals surface area contributed by atoms with Gasteiger partial charge in [0.1, 0.15) is 18.1 Å². The van der Waals surface area contributed by atoms with Gasteiger partial charge in [-0.2, -0.15) is 8.78 Å². The first-order chi connectivity index (χ1) is 13.8. The second-order valence-electron chi connectivity index (χ2n) is 6.05. The summed E-state index contributed by atoms with van der Waals surface area (Å²) in [6.07, 6.45) is 0.382. The SMILES string of the molecule is CC(OC(=O)C1=Cc2cc(Cl)ccc2OC1)C(=O)Nc1ccccc1OC(F)F. The van der Waals surface area contributed by atoms with Crippen LogP contribution in [-0.4, -0.2) is 31.2 Å². The maximum Gasteiger partial charge on any atom is 0.387 e. The standard InChI is InChI=1S/C20H16ClF2NO5/c1-11(18(25)24-15-4-2-3-5-17(15)29-20(22)23)28-19(26)13-8-12-9-14(21)6-7-16(12)27-10-13/h2-9,11,20H,10H2,1H3,(H,24,25). The van der Waals surface area contributed by atoms with Crippen molar-refractivity contribution in [2.75, 3.05) is 11.9 Å². The molecule has 29 heavy (non-hydrogen) atoms. The molecule has 0 saturated heterocycles. The molecule has 1 unspecified atom stereocenters. The van der Waals surface area contributed by atoms with Crippen molar-refractivity contribution in [1.29, 1.82) is 0 Å².